The molecule has 4 rings (SSSR count). The second-order valence-corrected chi connectivity index (χ2v) is 9.24. The van der Waals surface area contributed by atoms with Crippen LogP contribution >= 0.6 is 11.3 Å². The van der Waals surface area contributed by atoms with Gasteiger partial charge in [-0.05, 0) is 41.8 Å². The summed E-state index contributed by atoms with van der Waals surface area (Å²) >= 11 is 1.40. The summed E-state index contributed by atoms with van der Waals surface area (Å²) in [7, 11) is -3.66. The highest BCUT2D eigenvalue weighted by Crippen LogP contribution is 2.24. The van der Waals surface area contributed by atoms with Crippen LogP contribution in [0.2, 0.25) is 0 Å². The first kappa shape index (κ1) is 19.0. The van der Waals surface area contributed by atoms with Crippen molar-refractivity contribution in [2.45, 2.75) is 25.4 Å². The third-order valence-electron chi connectivity index (χ3n) is 4.59. The van der Waals surface area contributed by atoms with Crippen LogP contribution in [0.25, 0.3) is 5.00 Å². The van der Waals surface area contributed by atoms with E-state index in [1.807, 2.05) is 16.3 Å². The van der Waals surface area contributed by atoms with Crippen LogP contribution in [0.1, 0.15) is 11.5 Å². The van der Waals surface area contributed by atoms with Crippen molar-refractivity contribution in [3.63, 3.8) is 0 Å². The molecule has 0 unspecified atom stereocenters. The maximum absolute atomic E-state index is 12.9. The Labute approximate surface area is 164 Å². The quantitative estimate of drug-likeness (QED) is 0.563. The van der Waals surface area contributed by atoms with Crippen LogP contribution in [0.3, 0.4) is 0 Å². The average Bonchev–Trinajstić information content (AvgIpc) is 3.38. The molecule has 0 aromatic carbocycles. The van der Waals surface area contributed by atoms with Crippen LogP contribution < -0.4 is 5.69 Å². The second kappa shape index (κ2) is 7.24. The van der Waals surface area contributed by atoms with E-state index in [1.54, 1.807) is 19.9 Å². The Morgan fingerprint density at radius 1 is 1.18 bits per heavy atom. The van der Waals surface area contributed by atoms with E-state index in [1.165, 1.54) is 25.0 Å². The standard InChI is InChI=1S/C15H19N7O4S2/c1-11-14(12(2)26-16-11)28(24,25)20-7-5-19(6-8-20)10-21-15(23)22(18-17-21)13-4-3-9-27-13/h3-4,9H,5-8,10H2,1-2H3. The number of aromatic nitrogens is 5. The molecule has 11 nitrogen and oxygen atoms in total. The Bertz CT molecular complexity index is 1100. The van der Waals surface area contributed by atoms with Gasteiger partial charge in [0, 0.05) is 26.2 Å². The molecule has 1 fully saturated rings. The van der Waals surface area contributed by atoms with Crippen LogP contribution in [0.5, 0.6) is 0 Å². The Morgan fingerprint density at radius 2 is 1.93 bits per heavy atom. The molecule has 3 aromatic heterocycles. The Hall–Kier alpha value is -2.35. The summed E-state index contributed by atoms with van der Waals surface area (Å²) in [6.45, 7) is 5.01. The molecule has 1 aliphatic rings. The van der Waals surface area contributed by atoms with Crippen LogP contribution in [0.15, 0.2) is 31.7 Å². The first-order chi connectivity index (χ1) is 13.4. The molecule has 1 saturated heterocycles. The Kier molecular flexibility index (Phi) is 4.91. The first-order valence-corrected chi connectivity index (χ1v) is 10.9. The van der Waals surface area contributed by atoms with Gasteiger partial charge in [0.1, 0.15) is 22.3 Å². The normalized spacial score (nSPS) is 16.6. The van der Waals surface area contributed by atoms with Crippen molar-refractivity contribution >= 4 is 21.4 Å². The molecule has 0 bridgehead atoms. The maximum atomic E-state index is 12.9. The molecule has 1 aliphatic heterocycles. The van der Waals surface area contributed by atoms with Crippen molar-refractivity contribution in [2.75, 3.05) is 26.2 Å². The van der Waals surface area contributed by atoms with Crippen LogP contribution in [0, 0.1) is 13.8 Å². The highest BCUT2D eigenvalue weighted by atomic mass is 32.2. The largest absolute Gasteiger partial charge is 0.370 e. The smallest absolute Gasteiger partial charge is 0.360 e. The fourth-order valence-electron chi connectivity index (χ4n) is 3.16. The van der Waals surface area contributed by atoms with Crippen molar-refractivity contribution in [3.8, 4) is 5.00 Å². The molecule has 0 N–H and O–H groups in total. The number of thiophene rings is 1. The minimum atomic E-state index is -3.66. The summed E-state index contributed by atoms with van der Waals surface area (Å²) < 4.78 is 34.7. The van der Waals surface area contributed by atoms with Crippen LogP contribution in [-0.2, 0) is 16.7 Å². The molecule has 4 heterocycles. The summed E-state index contributed by atoms with van der Waals surface area (Å²) in [5.41, 5.74) is 0.0323. The predicted octanol–water partition coefficient (Wildman–Crippen LogP) is 0.0593. The molecular weight excluding hydrogens is 406 g/mol. The van der Waals surface area contributed by atoms with Gasteiger partial charge in [0.25, 0.3) is 0 Å². The van der Waals surface area contributed by atoms with Crippen molar-refractivity contribution < 1.29 is 12.9 Å². The zero-order valence-corrected chi connectivity index (χ0v) is 17.0. The number of sulfonamides is 1. The van der Waals surface area contributed by atoms with E-state index in [9.17, 15) is 13.2 Å². The van der Waals surface area contributed by atoms with E-state index in [-0.39, 0.29) is 23.0 Å². The van der Waals surface area contributed by atoms with Gasteiger partial charge in [-0.1, -0.05) is 5.16 Å². The van der Waals surface area contributed by atoms with Gasteiger partial charge in [0.05, 0.1) is 0 Å². The number of aryl methyl sites for hydroxylation is 2. The van der Waals surface area contributed by atoms with Crippen molar-refractivity contribution in [3.05, 3.63) is 39.5 Å². The van der Waals surface area contributed by atoms with Gasteiger partial charge in [0.15, 0.2) is 5.76 Å². The lowest BCUT2D eigenvalue weighted by molar-refractivity contribution is 0.142. The zero-order valence-electron chi connectivity index (χ0n) is 15.3. The molecule has 0 atom stereocenters. The topological polar surface area (TPSA) is 119 Å². The third kappa shape index (κ3) is 3.30. The molecule has 3 aromatic rings. The Balaban J connectivity index is 1.43. The van der Waals surface area contributed by atoms with E-state index in [2.05, 4.69) is 15.6 Å². The van der Waals surface area contributed by atoms with Crippen molar-refractivity contribution in [1.29, 1.82) is 0 Å². The van der Waals surface area contributed by atoms with Crippen LogP contribution in [0.4, 0.5) is 0 Å². The summed E-state index contributed by atoms with van der Waals surface area (Å²) in [6, 6.07) is 3.63. The van der Waals surface area contributed by atoms with Gasteiger partial charge in [0.2, 0.25) is 10.0 Å². The lowest BCUT2D eigenvalue weighted by Crippen LogP contribution is -2.49. The fourth-order valence-corrected chi connectivity index (χ4v) is 5.55. The lowest BCUT2D eigenvalue weighted by atomic mass is 10.4. The van der Waals surface area contributed by atoms with Crippen molar-refractivity contribution in [2.24, 2.45) is 0 Å². The summed E-state index contributed by atoms with van der Waals surface area (Å²) in [5.74, 6) is 0.289. The van der Waals surface area contributed by atoms with E-state index in [0.29, 0.717) is 36.9 Å². The Morgan fingerprint density at radius 3 is 2.54 bits per heavy atom. The molecule has 0 radical (unpaired) electrons. The first-order valence-electron chi connectivity index (χ1n) is 8.60. The molecular formula is C15H19N7O4S2. The summed E-state index contributed by atoms with van der Waals surface area (Å²) in [6.07, 6.45) is 0. The SMILES string of the molecule is Cc1noc(C)c1S(=O)(=O)N1CCN(Cn2nnn(-c3cccs3)c2=O)CC1. The van der Waals surface area contributed by atoms with Gasteiger partial charge in [-0.2, -0.15) is 13.7 Å². The minimum Gasteiger partial charge on any atom is -0.360 e. The second-order valence-electron chi connectivity index (χ2n) is 6.44. The van der Waals surface area contributed by atoms with E-state index in [0.717, 1.165) is 0 Å². The van der Waals surface area contributed by atoms with Gasteiger partial charge in [-0.25, -0.2) is 13.2 Å². The van der Waals surface area contributed by atoms with Gasteiger partial charge < -0.3 is 4.52 Å². The summed E-state index contributed by atoms with van der Waals surface area (Å²) in [5, 5.41) is 14.1. The van der Waals surface area contributed by atoms with E-state index in [4.69, 9.17) is 4.52 Å². The van der Waals surface area contributed by atoms with Crippen LogP contribution in [-0.4, -0.2) is 68.7 Å². The molecule has 0 spiro atoms. The zero-order chi connectivity index (χ0) is 19.9. The number of hydrogen-bond donors (Lipinski definition) is 0. The maximum Gasteiger partial charge on any atom is 0.370 e. The summed E-state index contributed by atoms with van der Waals surface area (Å²) in [4.78, 5) is 14.6. The average molecular weight is 425 g/mol. The fraction of sp³-hybridized carbons (Fsp3) is 0.467. The number of nitrogens with zero attached hydrogens (tertiary/aromatic N) is 7. The molecule has 13 heteroatoms. The van der Waals surface area contributed by atoms with Gasteiger partial charge in [-0.3, -0.25) is 4.90 Å². The van der Waals surface area contributed by atoms with Crippen molar-refractivity contribution in [1.82, 2.24) is 34.2 Å². The molecule has 0 amide bonds. The van der Waals surface area contributed by atoms with Gasteiger partial charge in [-0.15, -0.1) is 11.3 Å². The molecule has 150 valence electrons. The highest BCUT2D eigenvalue weighted by molar-refractivity contribution is 7.89. The van der Waals surface area contributed by atoms with E-state index >= 15 is 0 Å². The third-order valence-corrected chi connectivity index (χ3v) is 7.57. The number of hydrogen-bond acceptors (Lipinski definition) is 9. The van der Waals surface area contributed by atoms with E-state index < -0.39 is 10.0 Å². The predicted molar refractivity (Wildman–Crippen MR) is 99.8 cm³/mol. The lowest BCUT2D eigenvalue weighted by Gasteiger charge is -2.33. The monoisotopic (exact) mass is 425 g/mol. The highest BCUT2D eigenvalue weighted by Gasteiger charge is 2.33. The molecule has 0 aliphatic carbocycles. The molecule has 0 saturated carbocycles. The number of rotatable bonds is 5. The van der Waals surface area contributed by atoms with Gasteiger partial charge >= 0.3 is 5.69 Å². The number of piperazine rings is 1. The number of tetrazole rings is 1. The minimum absolute atomic E-state index is 0.135. The molecule has 28 heavy (non-hydrogen) atoms.